The number of amides is 1. The molecule has 0 aromatic heterocycles. The number of carbonyl (C=O) groups excluding carboxylic acids is 1. The Morgan fingerprint density at radius 1 is 1.29 bits per heavy atom. The Bertz CT molecular complexity index is 455. The molecule has 1 aromatic carbocycles. The zero-order valence-electron chi connectivity index (χ0n) is 10.2. The van der Waals surface area contributed by atoms with Gasteiger partial charge in [0.2, 0.25) is 0 Å². The van der Waals surface area contributed by atoms with Crippen LogP contribution in [0.5, 0.6) is 0 Å². The highest BCUT2D eigenvalue weighted by molar-refractivity contribution is 5.95. The van der Waals surface area contributed by atoms with Crippen molar-refractivity contribution in [1.29, 1.82) is 0 Å². The predicted molar refractivity (Wildman–Crippen MR) is 71.6 cm³/mol. The summed E-state index contributed by atoms with van der Waals surface area (Å²) < 4.78 is 0. The predicted octanol–water partition coefficient (Wildman–Crippen LogP) is 3.45. The number of allylic oxidation sites excluding steroid dienone is 4. The lowest BCUT2D eigenvalue weighted by atomic mass is 10.2. The third kappa shape index (κ3) is 4.51. The fourth-order valence-electron chi connectivity index (χ4n) is 1.43. The van der Waals surface area contributed by atoms with Gasteiger partial charge in [0.15, 0.2) is 0 Å². The van der Waals surface area contributed by atoms with Crippen LogP contribution in [0.4, 0.5) is 0 Å². The van der Waals surface area contributed by atoms with Gasteiger partial charge in [-0.15, -0.1) is 0 Å². The molecule has 88 valence electrons. The highest BCUT2D eigenvalue weighted by Gasteiger charge is 2.03. The number of rotatable bonds is 4. The van der Waals surface area contributed by atoms with Gasteiger partial charge in [0.05, 0.1) is 0 Å². The summed E-state index contributed by atoms with van der Waals surface area (Å²) >= 11 is 0. The van der Waals surface area contributed by atoms with E-state index >= 15 is 0 Å². The molecule has 2 heteroatoms. The van der Waals surface area contributed by atoms with E-state index in [1.807, 2.05) is 50.3 Å². The molecule has 0 saturated carbocycles. The molecule has 1 rings (SSSR count). The first-order valence-corrected chi connectivity index (χ1v) is 5.50. The van der Waals surface area contributed by atoms with Gasteiger partial charge < -0.3 is 5.32 Å². The van der Waals surface area contributed by atoms with E-state index in [9.17, 15) is 4.79 Å². The van der Waals surface area contributed by atoms with Gasteiger partial charge in [0.25, 0.3) is 5.91 Å². The summed E-state index contributed by atoms with van der Waals surface area (Å²) in [6.45, 7) is 7.71. The molecule has 17 heavy (non-hydrogen) atoms. The standard InChI is InChI=1S/C15H17NO/c1-4-8-12(2)11-13(3)16-15(17)14-9-6-5-7-10-14/h4-11H,3H2,1-2H3,(H,16,17)/b8-4-,12-11-. The lowest BCUT2D eigenvalue weighted by Gasteiger charge is -2.05. The summed E-state index contributed by atoms with van der Waals surface area (Å²) in [5, 5.41) is 2.74. The van der Waals surface area contributed by atoms with Crippen molar-refractivity contribution in [2.24, 2.45) is 0 Å². The number of hydrogen-bond acceptors (Lipinski definition) is 1. The Morgan fingerprint density at radius 3 is 2.53 bits per heavy atom. The molecule has 2 nitrogen and oxygen atoms in total. The summed E-state index contributed by atoms with van der Waals surface area (Å²) in [6, 6.07) is 9.08. The minimum atomic E-state index is -0.139. The normalized spacial score (nSPS) is 11.5. The molecule has 0 atom stereocenters. The van der Waals surface area contributed by atoms with E-state index in [-0.39, 0.29) is 5.91 Å². The molecule has 0 radical (unpaired) electrons. The second-order valence-electron chi connectivity index (χ2n) is 3.73. The van der Waals surface area contributed by atoms with Crippen LogP contribution >= 0.6 is 0 Å². The number of nitrogens with one attached hydrogen (secondary N) is 1. The third-order valence-corrected chi connectivity index (χ3v) is 2.14. The van der Waals surface area contributed by atoms with E-state index in [0.717, 1.165) is 5.57 Å². The molecule has 0 aliphatic carbocycles. The summed E-state index contributed by atoms with van der Waals surface area (Å²) in [5.74, 6) is -0.139. The molecule has 0 fully saturated rings. The summed E-state index contributed by atoms with van der Waals surface area (Å²) in [4.78, 5) is 11.8. The minimum absolute atomic E-state index is 0.139. The molecule has 0 unspecified atom stereocenters. The van der Waals surface area contributed by atoms with Gasteiger partial charge >= 0.3 is 0 Å². The zero-order valence-corrected chi connectivity index (χ0v) is 10.2. The summed E-state index contributed by atoms with van der Waals surface area (Å²) in [6.07, 6.45) is 5.73. The smallest absolute Gasteiger partial charge is 0.255 e. The Hall–Kier alpha value is -2.09. The SMILES string of the molecule is C=C(/C=C(C)\C=C/C)NC(=O)c1ccccc1. The second kappa shape index (κ2) is 6.48. The topological polar surface area (TPSA) is 29.1 Å². The van der Waals surface area contributed by atoms with Crippen molar-refractivity contribution in [1.82, 2.24) is 5.32 Å². The van der Waals surface area contributed by atoms with Crippen molar-refractivity contribution in [2.75, 3.05) is 0 Å². The summed E-state index contributed by atoms with van der Waals surface area (Å²) in [7, 11) is 0. The van der Waals surface area contributed by atoms with Crippen molar-refractivity contribution in [3.05, 3.63) is 72.0 Å². The van der Waals surface area contributed by atoms with Crippen LogP contribution in [0.1, 0.15) is 24.2 Å². The van der Waals surface area contributed by atoms with Gasteiger partial charge in [-0.1, -0.05) is 36.9 Å². The van der Waals surface area contributed by atoms with Crippen molar-refractivity contribution >= 4 is 5.91 Å². The van der Waals surface area contributed by atoms with Crippen LogP contribution in [0.2, 0.25) is 0 Å². The fourth-order valence-corrected chi connectivity index (χ4v) is 1.43. The van der Waals surface area contributed by atoms with E-state index in [1.165, 1.54) is 0 Å². The Morgan fingerprint density at radius 2 is 1.94 bits per heavy atom. The van der Waals surface area contributed by atoms with Crippen molar-refractivity contribution in [3.8, 4) is 0 Å². The lowest BCUT2D eigenvalue weighted by Crippen LogP contribution is -2.21. The number of carbonyl (C=O) groups is 1. The molecule has 0 aliphatic rings. The van der Waals surface area contributed by atoms with Crippen molar-refractivity contribution in [3.63, 3.8) is 0 Å². The van der Waals surface area contributed by atoms with Crippen LogP contribution in [-0.2, 0) is 0 Å². The van der Waals surface area contributed by atoms with Crippen LogP contribution < -0.4 is 5.32 Å². The van der Waals surface area contributed by atoms with E-state index in [2.05, 4.69) is 11.9 Å². The van der Waals surface area contributed by atoms with Crippen molar-refractivity contribution < 1.29 is 4.79 Å². The molecule has 0 aliphatic heterocycles. The van der Waals surface area contributed by atoms with Crippen LogP contribution in [0.15, 0.2) is 66.4 Å². The van der Waals surface area contributed by atoms with Gasteiger partial charge in [-0.25, -0.2) is 0 Å². The summed E-state index contributed by atoms with van der Waals surface area (Å²) in [5.41, 5.74) is 2.27. The first-order valence-electron chi connectivity index (χ1n) is 5.50. The number of hydrogen-bond donors (Lipinski definition) is 1. The molecule has 0 heterocycles. The first kappa shape index (κ1) is 13.0. The zero-order chi connectivity index (χ0) is 12.7. The van der Waals surface area contributed by atoms with Crippen LogP contribution in [0, 0.1) is 0 Å². The molecular formula is C15H17NO. The Balaban J connectivity index is 2.64. The molecule has 0 saturated heterocycles. The van der Waals surface area contributed by atoms with E-state index in [0.29, 0.717) is 11.3 Å². The van der Waals surface area contributed by atoms with Crippen LogP contribution in [0.25, 0.3) is 0 Å². The molecule has 1 aromatic rings. The molecule has 0 spiro atoms. The first-order chi connectivity index (χ1) is 8.13. The molecule has 1 N–H and O–H groups in total. The highest BCUT2D eigenvalue weighted by atomic mass is 16.1. The lowest BCUT2D eigenvalue weighted by molar-refractivity contribution is 0.0967. The maximum atomic E-state index is 11.8. The quantitative estimate of drug-likeness (QED) is 0.784. The van der Waals surface area contributed by atoms with Gasteiger partial charge in [-0.3, -0.25) is 4.79 Å². The van der Waals surface area contributed by atoms with Gasteiger partial charge in [-0.2, -0.15) is 0 Å². The highest BCUT2D eigenvalue weighted by Crippen LogP contribution is 2.02. The monoisotopic (exact) mass is 227 g/mol. The fraction of sp³-hybridized carbons (Fsp3) is 0.133. The molecular weight excluding hydrogens is 210 g/mol. The molecule has 1 amide bonds. The van der Waals surface area contributed by atoms with Crippen LogP contribution in [-0.4, -0.2) is 5.91 Å². The Kier molecular flexibility index (Phi) is 4.95. The largest absolute Gasteiger partial charge is 0.323 e. The van der Waals surface area contributed by atoms with Gasteiger partial charge in [0, 0.05) is 11.3 Å². The van der Waals surface area contributed by atoms with E-state index in [4.69, 9.17) is 0 Å². The van der Waals surface area contributed by atoms with E-state index < -0.39 is 0 Å². The maximum absolute atomic E-state index is 11.8. The van der Waals surface area contributed by atoms with Gasteiger partial charge in [-0.05, 0) is 37.6 Å². The van der Waals surface area contributed by atoms with Crippen LogP contribution in [0.3, 0.4) is 0 Å². The second-order valence-corrected chi connectivity index (χ2v) is 3.73. The third-order valence-electron chi connectivity index (χ3n) is 2.14. The average Bonchev–Trinajstić information content (AvgIpc) is 2.30. The van der Waals surface area contributed by atoms with E-state index in [1.54, 1.807) is 12.1 Å². The minimum Gasteiger partial charge on any atom is -0.323 e. The van der Waals surface area contributed by atoms with Crippen molar-refractivity contribution in [2.45, 2.75) is 13.8 Å². The average molecular weight is 227 g/mol. The molecule has 0 bridgehead atoms. The Labute approximate surface area is 102 Å². The maximum Gasteiger partial charge on any atom is 0.255 e. The van der Waals surface area contributed by atoms with Gasteiger partial charge in [0.1, 0.15) is 0 Å². The number of benzene rings is 1.